The third-order valence-corrected chi connectivity index (χ3v) is 4.18. The summed E-state index contributed by atoms with van der Waals surface area (Å²) in [5, 5.41) is 3.50. The molecule has 0 radical (unpaired) electrons. The zero-order valence-corrected chi connectivity index (χ0v) is 12.7. The van der Waals surface area contributed by atoms with Gasteiger partial charge in [-0.05, 0) is 63.4 Å². The first-order valence-electron chi connectivity index (χ1n) is 7.68. The molecule has 1 aromatic carbocycles. The van der Waals surface area contributed by atoms with Gasteiger partial charge in [0.1, 0.15) is 0 Å². The molecule has 1 aromatic rings. The monoisotopic (exact) mass is 260 g/mol. The number of likely N-dealkylation sites (tertiary alicyclic amines) is 1. The molecule has 2 nitrogen and oxygen atoms in total. The van der Waals surface area contributed by atoms with Crippen LogP contribution in [0.1, 0.15) is 36.5 Å². The zero-order valence-electron chi connectivity index (χ0n) is 12.7. The van der Waals surface area contributed by atoms with Gasteiger partial charge < -0.3 is 5.32 Å². The van der Waals surface area contributed by atoms with Gasteiger partial charge in [-0.3, -0.25) is 4.90 Å². The number of hydrogen-bond acceptors (Lipinski definition) is 2. The van der Waals surface area contributed by atoms with Crippen molar-refractivity contribution in [3.8, 4) is 0 Å². The van der Waals surface area contributed by atoms with Crippen LogP contribution < -0.4 is 5.32 Å². The van der Waals surface area contributed by atoms with Gasteiger partial charge in [0, 0.05) is 13.1 Å². The lowest BCUT2D eigenvalue weighted by Crippen LogP contribution is -2.39. The van der Waals surface area contributed by atoms with Crippen molar-refractivity contribution in [2.24, 2.45) is 5.92 Å². The minimum Gasteiger partial charge on any atom is -0.317 e. The Morgan fingerprint density at radius 3 is 2.95 bits per heavy atom. The van der Waals surface area contributed by atoms with Crippen molar-refractivity contribution >= 4 is 0 Å². The zero-order chi connectivity index (χ0) is 13.7. The summed E-state index contributed by atoms with van der Waals surface area (Å²) in [4.78, 5) is 2.63. The lowest BCUT2D eigenvalue weighted by molar-refractivity contribution is 0.165. The van der Waals surface area contributed by atoms with E-state index in [1.54, 1.807) is 0 Å². The normalized spacial score (nSPS) is 20.7. The maximum absolute atomic E-state index is 3.50. The van der Waals surface area contributed by atoms with E-state index in [-0.39, 0.29) is 0 Å². The van der Waals surface area contributed by atoms with Crippen LogP contribution in [0, 0.1) is 19.8 Å². The van der Waals surface area contributed by atoms with E-state index in [9.17, 15) is 0 Å². The molecule has 0 aliphatic carbocycles. The van der Waals surface area contributed by atoms with Crippen molar-refractivity contribution < 1.29 is 0 Å². The van der Waals surface area contributed by atoms with Gasteiger partial charge >= 0.3 is 0 Å². The number of nitrogens with zero attached hydrogens (tertiary/aromatic N) is 1. The summed E-state index contributed by atoms with van der Waals surface area (Å²) >= 11 is 0. The molecule has 19 heavy (non-hydrogen) atoms. The number of aryl methyl sites for hydroxylation is 2. The van der Waals surface area contributed by atoms with E-state index >= 15 is 0 Å². The molecule has 2 rings (SSSR count). The smallest absolute Gasteiger partial charge is 0.0236 e. The van der Waals surface area contributed by atoms with Crippen LogP contribution >= 0.6 is 0 Å². The molecule has 1 atom stereocenters. The Kier molecular flexibility index (Phi) is 5.41. The highest BCUT2D eigenvalue weighted by Crippen LogP contribution is 2.20. The number of hydrogen-bond donors (Lipinski definition) is 1. The largest absolute Gasteiger partial charge is 0.317 e. The standard InChI is InChI=1S/C17H28N2/c1-4-18-11-16-6-5-9-19(12-16)13-17-10-14(2)7-8-15(17)3/h7-8,10,16,18H,4-6,9,11-13H2,1-3H3. The average molecular weight is 260 g/mol. The van der Waals surface area contributed by atoms with Crippen LogP contribution in [0.15, 0.2) is 18.2 Å². The number of benzene rings is 1. The van der Waals surface area contributed by atoms with Crippen molar-refractivity contribution in [3.05, 3.63) is 34.9 Å². The van der Waals surface area contributed by atoms with Crippen molar-refractivity contribution in [3.63, 3.8) is 0 Å². The number of rotatable bonds is 5. The maximum Gasteiger partial charge on any atom is 0.0236 e. The van der Waals surface area contributed by atoms with Crippen LogP contribution in [0.25, 0.3) is 0 Å². The van der Waals surface area contributed by atoms with Gasteiger partial charge in [-0.25, -0.2) is 0 Å². The van der Waals surface area contributed by atoms with Gasteiger partial charge in [-0.2, -0.15) is 0 Å². The Balaban J connectivity index is 1.93. The molecule has 0 spiro atoms. The molecule has 106 valence electrons. The third kappa shape index (κ3) is 4.32. The van der Waals surface area contributed by atoms with Crippen molar-refractivity contribution in [1.82, 2.24) is 10.2 Å². The number of nitrogens with one attached hydrogen (secondary N) is 1. The first-order valence-corrected chi connectivity index (χ1v) is 7.68. The molecule has 0 aromatic heterocycles. The minimum absolute atomic E-state index is 0.832. The second-order valence-electron chi connectivity index (χ2n) is 5.98. The van der Waals surface area contributed by atoms with Gasteiger partial charge in [0.25, 0.3) is 0 Å². The molecule has 2 heteroatoms. The van der Waals surface area contributed by atoms with E-state index in [0.29, 0.717) is 0 Å². The summed E-state index contributed by atoms with van der Waals surface area (Å²) in [6, 6.07) is 6.82. The van der Waals surface area contributed by atoms with Gasteiger partial charge in [0.05, 0.1) is 0 Å². The molecule has 1 unspecified atom stereocenters. The Morgan fingerprint density at radius 2 is 2.16 bits per heavy atom. The predicted molar refractivity (Wildman–Crippen MR) is 82.5 cm³/mol. The molecule has 1 N–H and O–H groups in total. The fourth-order valence-corrected chi connectivity index (χ4v) is 3.02. The van der Waals surface area contributed by atoms with Crippen LogP contribution in [-0.2, 0) is 6.54 Å². The molecule has 1 saturated heterocycles. The van der Waals surface area contributed by atoms with E-state index in [1.807, 2.05) is 0 Å². The van der Waals surface area contributed by atoms with Crippen molar-refractivity contribution in [2.75, 3.05) is 26.2 Å². The topological polar surface area (TPSA) is 15.3 Å². The molecule has 1 aliphatic rings. The average Bonchev–Trinajstić information content (AvgIpc) is 2.41. The Morgan fingerprint density at radius 1 is 1.32 bits per heavy atom. The lowest BCUT2D eigenvalue weighted by Gasteiger charge is -2.33. The predicted octanol–water partition coefficient (Wildman–Crippen LogP) is 3.12. The summed E-state index contributed by atoms with van der Waals surface area (Å²) in [5.41, 5.74) is 4.31. The van der Waals surface area contributed by atoms with Crippen LogP contribution in [-0.4, -0.2) is 31.1 Å². The minimum atomic E-state index is 0.832. The Hall–Kier alpha value is -0.860. The summed E-state index contributed by atoms with van der Waals surface area (Å²) in [6.45, 7) is 12.5. The van der Waals surface area contributed by atoms with Crippen molar-refractivity contribution in [1.29, 1.82) is 0 Å². The summed E-state index contributed by atoms with van der Waals surface area (Å²) < 4.78 is 0. The quantitative estimate of drug-likeness (QED) is 0.875. The third-order valence-electron chi connectivity index (χ3n) is 4.18. The Bertz CT molecular complexity index is 400. The van der Waals surface area contributed by atoms with Crippen molar-refractivity contribution in [2.45, 2.75) is 40.2 Å². The van der Waals surface area contributed by atoms with E-state index in [4.69, 9.17) is 0 Å². The summed E-state index contributed by atoms with van der Waals surface area (Å²) in [7, 11) is 0. The van der Waals surface area contributed by atoms with E-state index < -0.39 is 0 Å². The van der Waals surface area contributed by atoms with Crippen LogP contribution in [0.4, 0.5) is 0 Å². The lowest BCUT2D eigenvalue weighted by atomic mass is 9.96. The maximum atomic E-state index is 3.50. The summed E-state index contributed by atoms with van der Waals surface area (Å²) in [6.07, 6.45) is 2.73. The highest BCUT2D eigenvalue weighted by atomic mass is 15.1. The van der Waals surface area contributed by atoms with E-state index in [0.717, 1.165) is 19.0 Å². The molecular formula is C17H28N2. The highest BCUT2D eigenvalue weighted by Gasteiger charge is 2.19. The van der Waals surface area contributed by atoms with E-state index in [1.165, 1.54) is 49.2 Å². The molecule has 1 fully saturated rings. The molecule has 0 bridgehead atoms. The first kappa shape index (κ1) is 14.5. The molecule has 1 heterocycles. The molecule has 0 amide bonds. The fourth-order valence-electron chi connectivity index (χ4n) is 3.02. The van der Waals surface area contributed by atoms with Crippen LogP contribution in [0.5, 0.6) is 0 Å². The number of piperidine rings is 1. The first-order chi connectivity index (χ1) is 9.19. The van der Waals surface area contributed by atoms with E-state index in [2.05, 4.69) is 49.2 Å². The van der Waals surface area contributed by atoms with Gasteiger partial charge in [0.2, 0.25) is 0 Å². The summed E-state index contributed by atoms with van der Waals surface area (Å²) in [5.74, 6) is 0.832. The van der Waals surface area contributed by atoms with Gasteiger partial charge in [-0.1, -0.05) is 30.7 Å². The van der Waals surface area contributed by atoms with Gasteiger partial charge in [0.15, 0.2) is 0 Å². The van der Waals surface area contributed by atoms with Crippen LogP contribution in [0.3, 0.4) is 0 Å². The Labute approximate surface area is 118 Å². The second kappa shape index (κ2) is 7.06. The molecule has 1 aliphatic heterocycles. The van der Waals surface area contributed by atoms with Gasteiger partial charge in [-0.15, -0.1) is 0 Å². The highest BCUT2D eigenvalue weighted by molar-refractivity contribution is 5.30. The molecule has 0 saturated carbocycles. The fraction of sp³-hybridized carbons (Fsp3) is 0.647. The van der Waals surface area contributed by atoms with Crippen LogP contribution in [0.2, 0.25) is 0 Å². The molecular weight excluding hydrogens is 232 g/mol. The SMILES string of the molecule is CCNCC1CCCN(Cc2cc(C)ccc2C)C1. The second-order valence-corrected chi connectivity index (χ2v) is 5.98.